The Kier molecular flexibility index (Phi) is 4.72. The third-order valence-electron chi connectivity index (χ3n) is 3.14. The standard InChI is InChI=1S/C13H18N2O4S/c14-13(16)12-6-3-4-10(15-12)8-20(17,18)9-11-5-1-2-7-19-11/h3-4,6,11H,1-2,5,7-9H2,(H2,14,16). The molecule has 0 bridgehead atoms. The van der Waals surface area contributed by atoms with Gasteiger partial charge in [0.1, 0.15) is 5.69 Å². The zero-order valence-electron chi connectivity index (χ0n) is 11.1. The Morgan fingerprint density at radius 3 is 2.85 bits per heavy atom. The summed E-state index contributed by atoms with van der Waals surface area (Å²) < 4.78 is 29.7. The van der Waals surface area contributed by atoms with Crippen LogP contribution in [0.2, 0.25) is 0 Å². The second kappa shape index (κ2) is 6.32. The molecule has 1 unspecified atom stereocenters. The van der Waals surface area contributed by atoms with E-state index >= 15 is 0 Å². The van der Waals surface area contributed by atoms with Gasteiger partial charge < -0.3 is 10.5 Å². The molecule has 1 aliphatic heterocycles. The topological polar surface area (TPSA) is 99.4 Å². The van der Waals surface area contributed by atoms with Gasteiger partial charge in [-0.3, -0.25) is 4.79 Å². The first-order valence-corrected chi connectivity index (χ1v) is 8.36. The Labute approximate surface area is 118 Å². The Morgan fingerprint density at radius 1 is 1.40 bits per heavy atom. The molecular weight excluding hydrogens is 280 g/mol. The molecule has 6 nitrogen and oxygen atoms in total. The molecule has 1 fully saturated rings. The number of hydrogen-bond acceptors (Lipinski definition) is 5. The molecule has 2 N–H and O–H groups in total. The average molecular weight is 298 g/mol. The van der Waals surface area contributed by atoms with Crippen molar-refractivity contribution >= 4 is 15.7 Å². The van der Waals surface area contributed by atoms with E-state index in [-0.39, 0.29) is 23.3 Å². The predicted octanol–water partition coefficient (Wildman–Crippen LogP) is 0.664. The number of sulfone groups is 1. The molecule has 1 aromatic rings. The number of carbonyl (C=O) groups excluding carboxylic acids is 1. The fraction of sp³-hybridized carbons (Fsp3) is 0.538. The highest BCUT2D eigenvalue weighted by Crippen LogP contribution is 2.16. The largest absolute Gasteiger partial charge is 0.377 e. The molecule has 20 heavy (non-hydrogen) atoms. The zero-order valence-corrected chi connectivity index (χ0v) is 11.9. The molecule has 0 spiro atoms. The summed E-state index contributed by atoms with van der Waals surface area (Å²) in [6.45, 7) is 0.621. The van der Waals surface area contributed by atoms with E-state index < -0.39 is 15.7 Å². The van der Waals surface area contributed by atoms with Gasteiger partial charge in [0.25, 0.3) is 5.91 Å². The lowest BCUT2D eigenvalue weighted by Crippen LogP contribution is -2.28. The zero-order chi connectivity index (χ0) is 14.6. The molecule has 0 saturated carbocycles. The van der Waals surface area contributed by atoms with Gasteiger partial charge in [0.2, 0.25) is 0 Å². The van der Waals surface area contributed by atoms with Crippen molar-refractivity contribution in [2.24, 2.45) is 5.73 Å². The van der Waals surface area contributed by atoms with E-state index in [1.165, 1.54) is 6.07 Å². The molecule has 2 heterocycles. The maximum Gasteiger partial charge on any atom is 0.267 e. The van der Waals surface area contributed by atoms with E-state index in [4.69, 9.17) is 10.5 Å². The van der Waals surface area contributed by atoms with Gasteiger partial charge in [0, 0.05) is 6.61 Å². The van der Waals surface area contributed by atoms with E-state index in [9.17, 15) is 13.2 Å². The highest BCUT2D eigenvalue weighted by molar-refractivity contribution is 7.90. The van der Waals surface area contributed by atoms with E-state index in [1.807, 2.05) is 0 Å². The van der Waals surface area contributed by atoms with Crippen LogP contribution in [0.25, 0.3) is 0 Å². The van der Waals surface area contributed by atoms with E-state index in [0.29, 0.717) is 12.3 Å². The molecule has 7 heteroatoms. The minimum atomic E-state index is -3.32. The summed E-state index contributed by atoms with van der Waals surface area (Å²) in [5.74, 6) is -0.872. The van der Waals surface area contributed by atoms with Gasteiger partial charge in [-0.15, -0.1) is 0 Å². The van der Waals surface area contributed by atoms with E-state index in [2.05, 4.69) is 4.98 Å². The smallest absolute Gasteiger partial charge is 0.267 e. The van der Waals surface area contributed by atoms with Crippen molar-refractivity contribution in [1.82, 2.24) is 4.98 Å². The third kappa shape index (κ3) is 4.28. The molecule has 0 aromatic carbocycles. The summed E-state index contributed by atoms with van der Waals surface area (Å²) in [7, 11) is -3.32. The number of ether oxygens (including phenoxy) is 1. The van der Waals surface area contributed by atoms with Gasteiger partial charge in [0.15, 0.2) is 9.84 Å². The first kappa shape index (κ1) is 14.9. The van der Waals surface area contributed by atoms with Crippen molar-refractivity contribution in [1.29, 1.82) is 0 Å². The molecule has 110 valence electrons. The maximum atomic E-state index is 12.1. The second-order valence-electron chi connectivity index (χ2n) is 4.92. The van der Waals surface area contributed by atoms with Crippen molar-refractivity contribution in [3.8, 4) is 0 Å². The molecule has 1 atom stereocenters. The lowest BCUT2D eigenvalue weighted by molar-refractivity contribution is 0.0305. The average Bonchev–Trinajstić information content (AvgIpc) is 2.39. The van der Waals surface area contributed by atoms with E-state index in [0.717, 1.165) is 19.3 Å². The lowest BCUT2D eigenvalue weighted by Gasteiger charge is -2.22. The number of nitrogens with two attached hydrogens (primary N) is 1. The SMILES string of the molecule is NC(=O)c1cccc(CS(=O)(=O)CC2CCCCO2)n1. The number of pyridine rings is 1. The molecule has 1 aliphatic rings. The van der Waals surface area contributed by atoms with Crippen LogP contribution >= 0.6 is 0 Å². The van der Waals surface area contributed by atoms with Crippen molar-refractivity contribution in [2.75, 3.05) is 12.4 Å². The quantitative estimate of drug-likeness (QED) is 0.861. The minimum Gasteiger partial charge on any atom is -0.377 e. The molecular formula is C13H18N2O4S. The maximum absolute atomic E-state index is 12.1. The molecule has 1 amide bonds. The molecule has 1 saturated heterocycles. The van der Waals surface area contributed by atoms with Crippen LogP contribution in [0, 0.1) is 0 Å². The monoisotopic (exact) mass is 298 g/mol. The van der Waals surface area contributed by atoms with Crippen LogP contribution in [0.3, 0.4) is 0 Å². The Balaban J connectivity index is 2.03. The first-order chi connectivity index (χ1) is 9.46. The van der Waals surface area contributed by atoms with Crippen LogP contribution < -0.4 is 5.73 Å². The third-order valence-corrected chi connectivity index (χ3v) is 4.76. The van der Waals surface area contributed by atoms with Crippen molar-refractivity contribution < 1.29 is 17.9 Å². The second-order valence-corrected chi connectivity index (χ2v) is 7.03. The normalized spacial score (nSPS) is 19.7. The number of hydrogen-bond donors (Lipinski definition) is 1. The fourth-order valence-electron chi connectivity index (χ4n) is 2.20. The van der Waals surface area contributed by atoms with Gasteiger partial charge in [-0.25, -0.2) is 13.4 Å². The summed E-state index contributed by atoms with van der Waals surface area (Å²) in [6.07, 6.45) is 2.52. The lowest BCUT2D eigenvalue weighted by atomic mass is 10.1. The number of primary amides is 1. The van der Waals surface area contributed by atoms with E-state index in [1.54, 1.807) is 12.1 Å². The Morgan fingerprint density at radius 2 is 2.20 bits per heavy atom. The van der Waals surface area contributed by atoms with Gasteiger partial charge >= 0.3 is 0 Å². The minimum absolute atomic E-state index is 0.00449. The molecule has 0 aliphatic carbocycles. The van der Waals surface area contributed by atoms with Crippen LogP contribution in [0.15, 0.2) is 18.2 Å². The Hall–Kier alpha value is -1.47. The van der Waals surface area contributed by atoms with Gasteiger partial charge in [-0.2, -0.15) is 0 Å². The van der Waals surface area contributed by atoms with Crippen LogP contribution in [-0.4, -0.2) is 37.8 Å². The number of amides is 1. The summed E-state index contributed by atoms with van der Waals surface area (Å²) in [4.78, 5) is 15.0. The number of nitrogens with zero attached hydrogens (tertiary/aromatic N) is 1. The number of aromatic nitrogens is 1. The molecule has 0 radical (unpaired) electrons. The number of carbonyl (C=O) groups is 1. The molecule has 1 aromatic heterocycles. The van der Waals surface area contributed by atoms with Crippen molar-refractivity contribution in [3.63, 3.8) is 0 Å². The molecule has 2 rings (SSSR count). The van der Waals surface area contributed by atoms with Crippen LogP contribution in [0.5, 0.6) is 0 Å². The Bertz CT molecular complexity index is 580. The van der Waals surface area contributed by atoms with Gasteiger partial charge in [0.05, 0.1) is 23.3 Å². The van der Waals surface area contributed by atoms with Crippen molar-refractivity contribution in [3.05, 3.63) is 29.6 Å². The number of rotatable bonds is 5. The summed E-state index contributed by atoms with van der Waals surface area (Å²) >= 11 is 0. The highest BCUT2D eigenvalue weighted by atomic mass is 32.2. The van der Waals surface area contributed by atoms with Crippen molar-refractivity contribution in [2.45, 2.75) is 31.1 Å². The van der Waals surface area contributed by atoms with Crippen LogP contribution in [0.1, 0.15) is 35.4 Å². The predicted molar refractivity (Wildman–Crippen MR) is 73.8 cm³/mol. The first-order valence-electron chi connectivity index (χ1n) is 6.54. The summed E-state index contributed by atoms with van der Waals surface area (Å²) in [5, 5.41) is 0. The van der Waals surface area contributed by atoms with Crippen LogP contribution in [0.4, 0.5) is 0 Å². The van der Waals surface area contributed by atoms with Gasteiger partial charge in [-0.05, 0) is 31.4 Å². The fourth-order valence-corrected chi connectivity index (χ4v) is 3.76. The summed E-state index contributed by atoms with van der Waals surface area (Å²) in [6, 6.07) is 4.61. The highest BCUT2D eigenvalue weighted by Gasteiger charge is 2.23. The summed E-state index contributed by atoms with van der Waals surface area (Å²) in [5.41, 5.74) is 5.53. The van der Waals surface area contributed by atoms with Crippen LogP contribution in [-0.2, 0) is 20.3 Å². The van der Waals surface area contributed by atoms with Gasteiger partial charge in [-0.1, -0.05) is 6.07 Å².